The van der Waals surface area contributed by atoms with Crippen LogP contribution in [0.3, 0.4) is 0 Å². The van der Waals surface area contributed by atoms with Crippen molar-refractivity contribution in [2.75, 3.05) is 6.16 Å². The van der Waals surface area contributed by atoms with Crippen molar-refractivity contribution in [1.82, 2.24) is 5.32 Å². The van der Waals surface area contributed by atoms with Crippen LogP contribution in [-0.2, 0) is 23.1 Å². The number of allylic oxidation sites excluding steroid dienone is 1. The molecule has 0 unspecified atom stereocenters. The second kappa shape index (κ2) is 10.0. The lowest BCUT2D eigenvalue weighted by Gasteiger charge is -2.23. The molecule has 0 bridgehead atoms. The Labute approximate surface area is 153 Å². The van der Waals surface area contributed by atoms with E-state index in [1.165, 1.54) is 0 Å². The molecule has 0 aromatic heterocycles. The van der Waals surface area contributed by atoms with Crippen LogP contribution in [0.5, 0.6) is 0 Å². The van der Waals surface area contributed by atoms with Crippen molar-refractivity contribution in [3.63, 3.8) is 0 Å². The van der Waals surface area contributed by atoms with Crippen LogP contribution in [-0.4, -0.2) is 47.2 Å². The van der Waals surface area contributed by atoms with Crippen LogP contribution in [0.15, 0.2) is 11.9 Å². The van der Waals surface area contributed by atoms with Gasteiger partial charge < -0.3 is 24.2 Å². The minimum Gasteiger partial charge on any atom is -0.479 e. The summed E-state index contributed by atoms with van der Waals surface area (Å²) in [6.07, 6.45) is -2.10. The average molecular weight is 397 g/mol. The summed E-state index contributed by atoms with van der Waals surface area (Å²) >= 11 is 0. The minimum absolute atomic E-state index is 0.484. The molecule has 0 aliphatic carbocycles. The standard InChI is InChI=1S/C16H29FNO7P/c1-10(2)24-26(22,25-11(3)4)9-12(17)8-13(14(19)20)18-15(21)23-16(5,6)7/h8,10-11,13H,9H2,1-7H3,(H,18,21)(H,19,20)/t13-/m1/s1. The van der Waals surface area contributed by atoms with E-state index < -0.39 is 55.5 Å². The zero-order valence-corrected chi connectivity index (χ0v) is 17.1. The summed E-state index contributed by atoms with van der Waals surface area (Å²) in [6, 6.07) is -1.70. The SMILES string of the molecule is CC(C)OP(=O)(CC(F)=C[C@@H](NC(=O)OC(C)(C)C)C(=O)O)OC(C)C. The molecule has 8 nitrogen and oxygen atoms in total. The molecule has 0 radical (unpaired) electrons. The summed E-state index contributed by atoms with van der Waals surface area (Å²) in [4.78, 5) is 22.9. The Morgan fingerprint density at radius 3 is 1.96 bits per heavy atom. The molecule has 0 heterocycles. The van der Waals surface area contributed by atoms with E-state index in [9.17, 15) is 18.5 Å². The smallest absolute Gasteiger partial charge is 0.408 e. The van der Waals surface area contributed by atoms with Crippen molar-refractivity contribution in [1.29, 1.82) is 0 Å². The third-order valence-electron chi connectivity index (χ3n) is 2.37. The maximum atomic E-state index is 14.3. The van der Waals surface area contributed by atoms with Crippen LogP contribution in [0.2, 0.25) is 0 Å². The Morgan fingerprint density at radius 2 is 1.62 bits per heavy atom. The molecule has 1 amide bonds. The number of hydrogen-bond donors (Lipinski definition) is 2. The molecule has 0 aromatic carbocycles. The van der Waals surface area contributed by atoms with E-state index in [-0.39, 0.29) is 0 Å². The molecule has 1 atom stereocenters. The van der Waals surface area contributed by atoms with Gasteiger partial charge in [0.25, 0.3) is 0 Å². The summed E-state index contributed by atoms with van der Waals surface area (Å²) in [6.45, 7) is 11.2. The molecule has 0 aliphatic heterocycles. The number of ether oxygens (including phenoxy) is 1. The van der Waals surface area contributed by atoms with Gasteiger partial charge in [0.15, 0.2) is 6.04 Å². The van der Waals surface area contributed by atoms with Crippen molar-refractivity contribution in [3.05, 3.63) is 11.9 Å². The van der Waals surface area contributed by atoms with Gasteiger partial charge in [0.05, 0.1) is 12.2 Å². The van der Waals surface area contributed by atoms with Gasteiger partial charge >= 0.3 is 19.7 Å². The van der Waals surface area contributed by atoms with Crippen LogP contribution in [0.1, 0.15) is 48.5 Å². The first-order chi connectivity index (χ1) is 11.6. The minimum atomic E-state index is -3.82. The van der Waals surface area contributed by atoms with Crippen LogP contribution < -0.4 is 5.32 Å². The van der Waals surface area contributed by atoms with Crippen molar-refractivity contribution in [2.45, 2.75) is 72.3 Å². The highest BCUT2D eigenvalue weighted by atomic mass is 31.2. The van der Waals surface area contributed by atoms with E-state index in [0.29, 0.717) is 6.08 Å². The molecule has 0 saturated carbocycles. The van der Waals surface area contributed by atoms with Gasteiger partial charge in [0.2, 0.25) is 0 Å². The Hall–Kier alpha value is -1.44. The number of alkyl carbamates (subject to hydrolysis) is 1. The molecule has 10 heteroatoms. The van der Waals surface area contributed by atoms with Gasteiger partial charge in [-0.2, -0.15) is 0 Å². The molecule has 2 N–H and O–H groups in total. The number of nitrogens with one attached hydrogen (secondary N) is 1. The topological polar surface area (TPSA) is 111 Å². The number of carbonyl (C=O) groups excluding carboxylic acids is 1. The van der Waals surface area contributed by atoms with Crippen molar-refractivity contribution >= 4 is 19.7 Å². The van der Waals surface area contributed by atoms with E-state index in [0.717, 1.165) is 0 Å². The zero-order valence-electron chi connectivity index (χ0n) is 16.2. The zero-order chi connectivity index (χ0) is 20.7. The van der Waals surface area contributed by atoms with Crippen LogP contribution in [0.25, 0.3) is 0 Å². The van der Waals surface area contributed by atoms with E-state index in [1.54, 1.807) is 48.5 Å². The first-order valence-corrected chi connectivity index (χ1v) is 9.90. The molecule has 26 heavy (non-hydrogen) atoms. The van der Waals surface area contributed by atoms with Gasteiger partial charge in [-0.1, -0.05) is 0 Å². The number of carboxylic acid groups (broad SMARTS) is 1. The quantitative estimate of drug-likeness (QED) is 0.568. The lowest BCUT2D eigenvalue weighted by atomic mass is 10.2. The van der Waals surface area contributed by atoms with Crippen molar-refractivity contribution in [3.8, 4) is 0 Å². The van der Waals surface area contributed by atoms with Gasteiger partial charge in [-0.3, -0.25) is 4.57 Å². The summed E-state index contributed by atoms with van der Waals surface area (Å²) in [5.74, 6) is -2.55. The Bertz CT molecular complexity index is 555. The van der Waals surface area contributed by atoms with Crippen LogP contribution in [0, 0.1) is 0 Å². The average Bonchev–Trinajstić information content (AvgIpc) is 2.31. The molecular weight excluding hydrogens is 368 g/mol. The van der Waals surface area contributed by atoms with Crippen LogP contribution in [0.4, 0.5) is 9.18 Å². The largest absolute Gasteiger partial charge is 0.479 e. The Balaban J connectivity index is 5.26. The first-order valence-electron chi connectivity index (χ1n) is 8.18. The summed E-state index contributed by atoms with van der Waals surface area (Å²) in [5, 5.41) is 11.2. The number of aliphatic carboxylic acids is 1. The second-order valence-electron chi connectivity index (χ2n) is 7.15. The fourth-order valence-electron chi connectivity index (χ4n) is 1.77. The maximum Gasteiger partial charge on any atom is 0.408 e. The fraction of sp³-hybridized carbons (Fsp3) is 0.750. The number of halogens is 1. The Kier molecular flexibility index (Phi) is 9.48. The first kappa shape index (κ1) is 24.6. The Morgan fingerprint density at radius 1 is 1.15 bits per heavy atom. The molecule has 0 aromatic rings. The third-order valence-corrected chi connectivity index (χ3v) is 4.55. The molecular formula is C16H29FNO7P. The van der Waals surface area contributed by atoms with Crippen molar-refractivity contribution < 1.29 is 37.4 Å². The second-order valence-corrected chi connectivity index (χ2v) is 9.11. The van der Waals surface area contributed by atoms with Gasteiger partial charge in [0, 0.05) is 0 Å². The van der Waals surface area contributed by atoms with E-state index in [2.05, 4.69) is 0 Å². The molecule has 0 spiro atoms. The summed E-state index contributed by atoms with van der Waals surface area (Å²) in [7, 11) is -3.82. The molecule has 0 rings (SSSR count). The number of carboxylic acids is 1. The van der Waals surface area contributed by atoms with Crippen molar-refractivity contribution in [2.24, 2.45) is 0 Å². The molecule has 0 saturated heterocycles. The molecule has 0 aliphatic rings. The van der Waals surface area contributed by atoms with E-state index in [4.69, 9.17) is 18.9 Å². The third kappa shape index (κ3) is 11.2. The predicted octanol–water partition coefficient (Wildman–Crippen LogP) is 3.86. The molecule has 0 fully saturated rings. The van der Waals surface area contributed by atoms with E-state index in [1.807, 2.05) is 5.32 Å². The highest BCUT2D eigenvalue weighted by Crippen LogP contribution is 2.52. The van der Waals surface area contributed by atoms with Gasteiger partial charge in [-0.15, -0.1) is 0 Å². The summed E-state index contributed by atoms with van der Waals surface area (Å²) in [5.41, 5.74) is -0.846. The monoisotopic (exact) mass is 397 g/mol. The predicted molar refractivity (Wildman–Crippen MR) is 94.9 cm³/mol. The number of amides is 1. The maximum absolute atomic E-state index is 14.3. The highest BCUT2D eigenvalue weighted by Gasteiger charge is 2.31. The number of hydrogen-bond acceptors (Lipinski definition) is 6. The number of rotatable bonds is 9. The fourth-order valence-corrected chi connectivity index (χ4v) is 3.73. The van der Waals surface area contributed by atoms with Gasteiger partial charge in [-0.25, -0.2) is 14.0 Å². The van der Waals surface area contributed by atoms with Crippen LogP contribution >= 0.6 is 7.60 Å². The van der Waals surface area contributed by atoms with Gasteiger partial charge in [-0.05, 0) is 54.5 Å². The normalized spacial score (nSPS) is 14.5. The molecule has 152 valence electrons. The lowest BCUT2D eigenvalue weighted by Crippen LogP contribution is -2.42. The summed E-state index contributed by atoms with van der Waals surface area (Å²) < 4.78 is 42.2. The van der Waals surface area contributed by atoms with E-state index >= 15 is 0 Å². The highest BCUT2D eigenvalue weighted by molar-refractivity contribution is 7.54. The lowest BCUT2D eigenvalue weighted by molar-refractivity contribution is -0.138. The number of carbonyl (C=O) groups is 2. The van der Waals surface area contributed by atoms with Gasteiger partial charge in [0.1, 0.15) is 17.6 Å².